The smallest absolute Gasteiger partial charge is 0.312 e. The molecule has 0 aromatic heterocycles. The molecule has 174 valence electrons. The summed E-state index contributed by atoms with van der Waals surface area (Å²) in [5.41, 5.74) is 4.79. The Balaban J connectivity index is 1.58. The predicted molar refractivity (Wildman–Crippen MR) is 132 cm³/mol. The molecule has 5 nitrogen and oxygen atoms in total. The van der Waals surface area contributed by atoms with Crippen molar-refractivity contribution in [1.29, 1.82) is 0 Å². The van der Waals surface area contributed by atoms with Crippen molar-refractivity contribution >= 4 is 28.8 Å². The van der Waals surface area contributed by atoms with Crippen LogP contribution in [0.15, 0.2) is 42.5 Å². The fourth-order valence-electron chi connectivity index (χ4n) is 5.18. The molecule has 0 spiro atoms. The van der Waals surface area contributed by atoms with Gasteiger partial charge in [0.1, 0.15) is 6.54 Å². The van der Waals surface area contributed by atoms with Crippen LogP contribution in [0.25, 0.3) is 0 Å². The quantitative estimate of drug-likeness (QED) is 0.497. The van der Waals surface area contributed by atoms with Crippen LogP contribution < -0.4 is 0 Å². The van der Waals surface area contributed by atoms with Crippen LogP contribution in [-0.4, -0.2) is 44.8 Å². The second kappa shape index (κ2) is 10.1. The number of benzene rings is 2. The molecule has 0 N–H and O–H groups in total. The minimum absolute atomic E-state index is 0.0806. The molecule has 4 rings (SSSR count). The van der Waals surface area contributed by atoms with E-state index in [2.05, 4.69) is 0 Å². The third-order valence-corrected chi connectivity index (χ3v) is 7.86. The molecule has 6 heteroatoms. The third-order valence-electron chi connectivity index (χ3n) is 6.73. The summed E-state index contributed by atoms with van der Waals surface area (Å²) < 4.78 is 0. The van der Waals surface area contributed by atoms with Crippen LogP contribution in [0.4, 0.5) is 4.79 Å². The Kier molecular flexibility index (Phi) is 7.23. The van der Waals surface area contributed by atoms with Crippen molar-refractivity contribution in [3.8, 4) is 0 Å². The van der Waals surface area contributed by atoms with Crippen molar-refractivity contribution in [3.05, 3.63) is 70.3 Å². The highest BCUT2D eigenvalue weighted by molar-refractivity contribution is 8.14. The van der Waals surface area contributed by atoms with E-state index in [9.17, 15) is 14.4 Å². The minimum atomic E-state index is -0.524. The van der Waals surface area contributed by atoms with Crippen molar-refractivity contribution in [3.63, 3.8) is 0 Å². The summed E-state index contributed by atoms with van der Waals surface area (Å²) in [5, 5.41) is -0.604. The second-order valence-corrected chi connectivity index (χ2v) is 10.4. The number of urea groups is 1. The number of hydrogen-bond donors (Lipinski definition) is 0. The monoisotopic (exact) mass is 464 g/mol. The second-order valence-electron chi connectivity index (χ2n) is 9.27. The number of carbonyl (C=O) groups is 3. The zero-order valence-corrected chi connectivity index (χ0v) is 20.5. The normalized spacial score (nSPS) is 17.8. The Bertz CT molecular complexity index is 1020. The van der Waals surface area contributed by atoms with E-state index in [1.54, 1.807) is 4.90 Å². The summed E-state index contributed by atoms with van der Waals surface area (Å²) >= 11 is 1.12. The molecule has 1 heterocycles. The van der Waals surface area contributed by atoms with Crippen LogP contribution in [0, 0.1) is 20.8 Å². The molecule has 3 amide bonds. The van der Waals surface area contributed by atoms with Gasteiger partial charge in [0.2, 0.25) is 5.12 Å². The van der Waals surface area contributed by atoms with Crippen molar-refractivity contribution in [2.75, 3.05) is 6.54 Å². The first-order valence-corrected chi connectivity index (χ1v) is 12.7. The van der Waals surface area contributed by atoms with Crippen LogP contribution in [0.2, 0.25) is 0 Å². The Labute approximate surface area is 200 Å². The first-order valence-electron chi connectivity index (χ1n) is 11.8. The van der Waals surface area contributed by atoms with E-state index < -0.39 is 5.37 Å². The maximum atomic E-state index is 13.4. The van der Waals surface area contributed by atoms with Crippen LogP contribution >= 0.6 is 11.8 Å². The Morgan fingerprint density at radius 1 is 1.03 bits per heavy atom. The Morgan fingerprint density at radius 2 is 1.67 bits per heavy atom. The summed E-state index contributed by atoms with van der Waals surface area (Å²) in [5.74, 6) is -0.192. The Morgan fingerprint density at radius 3 is 2.30 bits per heavy atom. The van der Waals surface area contributed by atoms with Gasteiger partial charge in [-0.3, -0.25) is 9.59 Å². The number of hydrogen-bond acceptors (Lipinski definition) is 4. The molecule has 2 aromatic rings. The van der Waals surface area contributed by atoms with E-state index in [0.717, 1.165) is 59.7 Å². The van der Waals surface area contributed by atoms with Crippen LogP contribution in [0.1, 0.15) is 64.7 Å². The van der Waals surface area contributed by atoms with Gasteiger partial charge in [0.25, 0.3) is 5.91 Å². The van der Waals surface area contributed by atoms with Gasteiger partial charge in [-0.1, -0.05) is 72.6 Å². The number of carbonyl (C=O) groups excluding carboxylic acids is 3. The molecule has 2 aromatic carbocycles. The SMILES string of the molecule is Cc1cc(C)c(C(=O)SC(CCc2ccccc2)N2C(=O)CN(C3CCCC3)C2=O)c(C)c1. The van der Waals surface area contributed by atoms with E-state index in [0.29, 0.717) is 18.4 Å². The molecule has 1 unspecified atom stereocenters. The summed E-state index contributed by atoms with van der Waals surface area (Å²) in [6.07, 6.45) is 5.34. The molecule has 2 aliphatic rings. The van der Waals surface area contributed by atoms with Gasteiger partial charge >= 0.3 is 6.03 Å². The lowest BCUT2D eigenvalue weighted by Gasteiger charge is -2.27. The number of aryl methyl sites for hydroxylation is 4. The number of amides is 3. The van der Waals surface area contributed by atoms with Gasteiger partial charge in [-0.15, -0.1) is 0 Å². The van der Waals surface area contributed by atoms with Crippen molar-refractivity contribution in [2.45, 2.75) is 70.7 Å². The van der Waals surface area contributed by atoms with Gasteiger partial charge in [-0.25, -0.2) is 9.69 Å². The van der Waals surface area contributed by atoms with E-state index in [-0.39, 0.29) is 29.6 Å². The van der Waals surface area contributed by atoms with Crippen LogP contribution in [-0.2, 0) is 11.2 Å². The molecule has 0 bridgehead atoms. The Hall–Kier alpha value is -2.60. The maximum Gasteiger partial charge on any atom is 0.328 e. The highest BCUT2D eigenvalue weighted by atomic mass is 32.2. The molecule has 33 heavy (non-hydrogen) atoms. The van der Waals surface area contributed by atoms with E-state index >= 15 is 0 Å². The molecular weight excluding hydrogens is 432 g/mol. The highest BCUT2D eigenvalue weighted by Gasteiger charge is 2.44. The summed E-state index contributed by atoms with van der Waals surface area (Å²) in [6.45, 7) is 6.04. The number of thioether (sulfide) groups is 1. The van der Waals surface area contributed by atoms with Crippen molar-refractivity contribution in [1.82, 2.24) is 9.80 Å². The van der Waals surface area contributed by atoms with Gasteiger partial charge < -0.3 is 4.90 Å². The maximum absolute atomic E-state index is 13.4. The van der Waals surface area contributed by atoms with Gasteiger partial charge in [0.15, 0.2) is 0 Å². The molecule has 1 atom stereocenters. The zero-order chi connectivity index (χ0) is 23.5. The lowest BCUT2D eigenvalue weighted by Crippen LogP contribution is -2.42. The average Bonchev–Trinajstić information content (AvgIpc) is 3.39. The van der Waals surface area contributed by atoms with Gasteiger partial charge in [0.05, 0.1) is 5.37 Å². The summed E-state index contributed by atoms with van der Waals surface area (Å²) in [4.78, 5) is 42.9. The fraction of sp³-hybridized carbons (Fsp3) is 0.444. The molecular formula is C27H32N2O3S. The summed E-state index contributed by atoms with van der Waals surface area (Å²) in [6, 6.07) is 13.9. The average molecular weight is 465 g/mol. The minimum Gasteiger partial charge on any atom is -0.312 e. The van der Waals surface area contributed by atoms with E-state index in [1.165, 1.54) is 4.90 Å². The fourth-order valence-corrected chi connectivity index (χ4v) is 6.42. The lowest BCUT2D eigenvalue weighted by molar-refractivity contribution is -0.125. The van der Waals surface area contributed by atoms with E-state index in [4.69, 9.17) is 0 Å². The van der Waals surface area contributed by atoms with Gasteiger partial charge in [0, 0.05) is 11.6 Å². The van der Waals surface area contributed by atoms with Gasteiger partial charge in [-0.2, -0.15) is 0 Å². The number of nitrogens with zero attached hydrogens (tertiary/aromatic N) is 2. The van der Waals surface area contributed by atoms with Crippen LogP contribution in [0.5, 0.6) is 0 Å². The standard InChI is InChI=1S/C27H32N2O3S/c1-18-15-19(2)25(20(3)16-18)26(31)33-24(14-13-21-9-5-4-6-10-21)29-23(30)17-28(27(29)32)22-11-7-8-12-22/h4-6,9-10,15-16,22,24H,7-8,11-14,17H2,1-3H3. The largest absolute Gasteiger partial charge is 0.328 e. The molecule has 1 saturated carbocycles. The number of imide groups is 1. The van der Waals surface area contributed by atoms with Crippen molar-refractivity contribution in [2.24, 2.45) is 0 Å². The first kappa shape index (κ1) is 23.6. The summed E-state index contributed by atoms with van der Waals surface area (Å²) in [7, 11) is 0. The molecule has 1 saturated heterocycles. The van der Waals surface area contributed by atoms with Crippen molar-refractivity contribution < 1.29 is 14.4 Å². The molecule has 2 fully saturated rings. The zero-order valence-electron chi connectivity index (χ0n) is 19.7. The predicted octanol–water partition coefficient (Wildman–Crippen LogP) is 5.65. The van der Waals surface area contributed by atoms with Gasteiger partial charge in [-0.05, 0) is 63.1 Å². The number of rotatable bonds is 7. The highest BCUT2D eigenvalue weighted by Crippen LogP contribution is 2.34. The topological polar surface area (TPSA) is 57.7 Å². The molecule has 1 aliphatic heterocycles. The first-order chi connectivity index (χ1) is 15.8. The van der Waals surface area contributed by atoms with E-state index in [1.807, 2.05) is 63.2 Å². The third kappa shape index (κ3) is 5.16. The molecule has 0 radical (unpaired) electrons. The molecule has 1 aliphatic carbocycles. The lowest BCUT2D eigenvalue weighted by atomic mass is 10.0. The van der Waals surface area contributed by atoms with Crippen LogP contribution in [0.3, 0.4) is 0 Å².